The summed E-state index contributed by atoms with van der Waals surface area (Å²) in [5.41, 5.74) is 0.159. The zero-order valence-corrected chi connectivity index (χ0v) is 9.36. The van der Waals surface area contributed by atoms with Crippen LogP contribution < -0.4 is 0 Å². The van der Waals surface area contributed by atoms with Crippen LogP contribution in [0.25, 0.3) is 0 Å². The fourth-order valence-corrected chi connectivity index (χ4v) is 1.52. The predicted molar refractivity (Wildman–Crippen MR) is 59.2 cm³/mol. The summed E-state index contributed by atoms with van der Waals surface area (Å²) in [4.78, 5) is 2.02. The molecule has 0 heterocycles. The molecule has 0 spiro atoms. The van der Waals surface area contributed by atoms with E-state index in [4.69, 9.17) is 0 Å². The van der Waals surface area contributed by atoms with E-state index in [0.717, 1.165) is 5.56 Å². The molecule has 1 aromatic carbocycles. The van der Waals surface area contributed by atoms with Gasteiger partial charge in [0.25, 0.3) is 0 Å². The third-order valence-corrected chi connectivity index (χ3v) is 2.95. The van der Waals surface area contributed by atoms with E-state index >= 15 is 0 Å². The van der Waals surface area contributed by atoms with E-state index in [9.17, 15) is 5.11 Å². The van der Waals surface area contributed by atoms with Gasteiger partial charge in [-0.3, -0.25) is 0 Å². The number of hydrogen-bond donors (Lipinski definition) is 1. The Kier molecular flexibility index (Phi) is 3.29. The van der Waals surface area contributed by atoms with Crippen LogP contribution in [0.3, 0.4) is 0 Å². The van der Waals surface area contributed by atoms with Crippen LogP contribution in [0.4, 0.5) is 0 Å². The molecule has 1 aromatic rings. The van der Waals surface area contributed by atoms with E-state index in [0.29, 0.717) is 0 Å². The lowest BCUT2D eigenvalue weighted by Gasteiger charge is -2.35. The average Bonchev–Trinajstić information content (AvgIpc) is 2.18. The monoisotopic (exact) mass is 193 g/mol. The van der Waals surface area contributed by atoms with Gasteiger partial charge in [-0.05, 0) is 33.5 Å². The molecule has 1 N–H and O–H groups in total. The topological polar surface area (TPSA) is 23.5 Å². The molecule has 78 valence electrons. The SMILES string of the molecule is CC(N(C)C)C(C)(O)c1ccccc1. The van der Waals surface area contributed by atoms with E-state index < -0.39 is 5.60 Å². The second-order valence-electron chi connectivity index (χ2n) is 4.15. The summed E-state index contributed by atoms with van der Waals surface area (Å²) >= 11 is 0. The summed E-state index contributed by atoms with van der Waals surface area (Å²) in [6.45, 7) is 3.88. The van der Waals surface area contributed by atoms with Gasteiger partial charge in [-0.15, -0.1) is 0 Å². The molecule has 0 saturated heterocycles. The molecule has 2 unspecified atom stereocenters. The quantitative estimate of drug-likeness (QED) is 0.792. The number of nitrogens with zero attached hydrogens (tertiary/aromatic N) is 1. The smallest absolute Gasteiger partial charge is 0.102 e. The molecule has 0 radical (unpaired) electrons. The van der Waals surface area contributed by atoms with Crippen molar-refractivity contribution < 1.29 is 5.11 Å². The minimum atomic E-state index is -0.801. The third-order valence-electron chi connectivity index (χ3n) is 2.95. The zero-order valence-electron chi connectivity index (χ0n) is 9.36. The van der Waals surface area contributed by atoms with Gasteiger partial charge in [-0.25, -0.2) is 0 Å². The normalized spacial score (nSPS) is 17.9. The van der Waals surface area contributed by atoms with Crippen LogP contribution in [0, 0.1) is 0 Å². The highest BCUT2D eigenvalue weighted by Gasteiger charge is 2.31. The lowest BCUT2D eigenvalue weighted by atomic mass is 9.89. The molecule has 0 aliphatic heterocycles. The molecule has 0 aromatic heterocycles. The number of benzene rings is 1. The van der Waals surface area contributed by atoms with Gasteiger partial charge < -0.3 is 10.0 Å². The summed E-state index contributed by atoms with van der Waals surface area (Å²) in [5, 5.41) is 10.4. The van der Waals surface area contributed by atoms with Crippen LogP contribution in [-0.2, 0) is 5.60 Å². The highest BCUT2D eigenvalue weighted by molar-refractivity contribution is 5.23. The number of aliphatic hydroxyl groups is 1. The predicted octanol–water partition coefficient (Wildman–Crippen LogP) is 1.84. The first kappa shape index (κ1) is 11.2. The fourth-order valence-electron chi connectivity index (χ4n) is 1.52. The van der Waals surface area contributed by atoms with Crippen LogP contribution in [0.1, 0.15) is 19.4 Å². The maximum atomic E-state index is 10.4. The first-order valence-corrected chi connectivity index (χ1v) is 4.90. The highest BCUT2D eigenvalue weighted by Crippen LogP contribution is 2.26. The Hall–Kier alpha value is -0.860. The minimum absolute atomic E-state index is 0.0879. The maximum absolute atomic E-state index is 10.4. The van der Waals surface area contributed by atoms with Crippen molar-refractivity contribution in [2.75, 3.05) is 14.1 Å². The number of likely N-dealkylation sites (N-methyl/N-ethyl adjacent to an activating group) is 1. The van der Waals surface area contributed by atoms with E-state index in [2.05, 4.69) is 0 Å². The van der Waals surface area contributed by atoms with E-state index in [1.165, 1.54) is 0 Å². The van der Waals surface area contributed by atoms with E-state index in [1.54, 1.807) is 0 Å². The van der Waals surface area contributed by atoms with Gasteiger partial charge in [0, 0.05) is 6.04 Å². The average molecular weight is 193 g/mol. The largest absolute Gasteiger partial charge is 0.384 e. The van der Waals surface area contributed by atoms with Crippen molar-refractivity contribution in [1.82, 2.24) is 4.90 Å². The van der Waals surface area contributed by atoms with Crippen molar-refractivity contribution in [2.45, 2.75) is 25.5 Å². The second-order valence-corrected chi connectivity index (χ2v) is 4.15. The molecule has 2 atom stereocenters. The second kappa shape index (κ2) is 4.11. The molecular formula is C12H19NO. The summed E-state index contributed by atoms with van der Waals surface area (Å²) in [5.74, 6) is 0. The van der Waals surface area contributed by atoms with Gasteiger partial charge in [-0.1, -0.05) is 30.3 Å². The van der Waals surface area contributed by atoms with Gasteiger partial charge in [-0.2, -0.15) is 0 Å². The standard InChI is InChI=1S/C12H19NO/c1-10(13(3)4)12(2,14)11-8-6-5-7-9-11/h5-10,14H,1-4H3. The van der Waals surface area contributed by atoms with Gasteiger partial charge in [0.1, 0.15) is 5.60 Å². The minimum Gasteiger partial charge on any atom is -0.384 e. The van der Waals surface area contributed by atoms with E-state index in [1.807, 2.05) is 63.2 Å². The number of hydrogen-bond acceptors (Lipinski definition) is 2. The Morgan fingerprint density at radius 2 is 1.71 bits per heavy atom. The summed E-state index contributed by atoms with van der Waals surface area (Å²) in [7, 11) is 3.95. The Morgan fingerprint density at radius 1 is 1.21 bits per heavy atom. The number of rotatable bonds is 3. The first-order valence-electron chi connectivity index (χ1n) is 4.90. The van der Waals surface area contributed by atoms with Crippen LogP contribution >= 0.6 is 0 Å². The molecule has 0 aliphatic carbocycles. The molecule has 0 aliphatic rings. The van der Waals surface area contributed by atoms with Crippen LogP contribution in [0.15, 0.2) is 30.3 Å². The van der Waals surface area contributed by atoms with Gasteiger partial charge in [0.2, 0.25) is 0 Å². The lowest BCUT2D eigenvalue weighted by molar-refractivity contribution is -0.0148. The summed E-state index contributed by atoms with van der Waals surface area (Å²) in [6.07, 6.45) is 0. The Labute approximate surface area is 86.2 Å². The molecule has 0 bridgehead atoms. The maximum Gasteiger partial charge on any atom is 0.102 e. The fraction of sp³-hybridized carbons (Fsp3) is 0.500. The van der Waals surface area contributed by atoms with Crippen molar-refractivity contribution in [2.24, 2.45) is 0 Å². The highest BCUT2D eigenvalue weighted by atomic mass is 16.3. The van der Waals surface area contributed by atoms with Crippen molar-refractivity contribution in [3.8, 4) is 0 Å². The van der Waals surface area contributed by atoms with Crippen LogP contribution in [0.2, 0.25) is 0 Å². The first-order chi connectivity index (χ1) is 6.46. The Bertz CT molecular complexity index is 280. The summed E-state index contributed by atoms with van der Waals surface area (Å²) in [6, 6.07) is 9.86. The third kappa shape index (κ3) is 2.14. The van der Waals surface area contributed by atoms with Crippen molar-refractivity contribution in [3.05, 3.63) is 35.9 Å². The van der Waals surface area contributed by atoms with Crippen molar-refractivity contribution >= 4 is 0 Å². The van der Waals surface area contributed by atoms with Crippen molar-refractivity contribution in [1.29, 1.82) is 0 Å². The molecule has 0 amide bonds. The molecule has 0 saturated carbocycles. The van der Waals surface area contributed by atoms with Gasteiger partial charge >= 0.3 is 0 Å². The van der Waals surface area contributed by atoms with Gasteiger partial charge in [0.05, 0.1) is 0 Å². The molecule has 1 rings (SSSR count). The zero-order chi connectivity index (χ0) is 10.8. The molecule has 0 fully saturated rings. The molecular weight excluding hydrogens is 174 g/mol. The Balaban J connectivity index is 2.96. The lowest BCUT2D eigenvalue weighted by Crippen LogP contribution is -2.43. The van der Waals surface area contributed by atoms with E-state index in [-0.39, 0.29) is 6.04 Å². The van der Waals surface area contributed by atoms with Crippen LogP contribution in [0.5, 0.6) is 0 Å². The van der Waals surface area contributed by atoms with Gasteiger partial charge in [0.15, 0.2) is 0 Å². The molecule has 2 nitrogen and oxygen atoms in total. The van der Waals surface area contributed by atoms with Crippen molar-refractivity contribution in [3.63, 3.8) is 0 Å². The molecule has 14 heavy (non-hydrogen) atoms. The Morgan fingerprint density at radius 3 is 2.14 bits per heavy atom. The summed E-state index contributed by atoms with van der Waals surface area (Å²) < 4.78 is 0. The van der Waals surface area contributed by atoms with Crippen LogP contribution in [-0.4, -0.2) is 30.1 Å². The molecule has 2 heteroatoms.